The molecule has 0 unspecified atom stereocenters. The van der Waals surface area contributed by atoms with Crippen LogP contribution in [0.15, 0.2) is 30.3 Å². The first-order valence-corrected chi connectivity index (χ1v) is 7.87. The number of imidazole rings is 1. The van der Waals surface area contributed by atoms with E-state index in [0.717, 1.165) is 17.7 Å². The summed E-state index contributed by atoms with van der Waals surface area (Å²) in [6.07, 6.45) is 0.744. The maximum atomic E-state index is 12.2. The minimum Gasteiger partial charge on any atom is -0.350 e. The third kappa shape index (κ3) is 2.58. The number of nitrogens with zero attached hydrogens (tertiary/aromatic N) is 3. The van der Waals surface area contributed by atoms with E-state index in [1.165, 1.54) is 0 Å². The fourth-order valence-electron chi connectivity index (χ4n) is 2.87. The first kappa shape index (κ1) is 14.6. The highest BCUT2D eigenvalue weighted by Crippen LogP contribution is 2.27. The van der Waals surface area contributed by atoms with Crippen LogP contribution < -0.4 is 5.32 Å². The Morgan fingerprint density at radius 2 is 1.88 bits per heavy atom. The maximum absolute atomic E-state index is 12.2. The number of H-pyrrole nitrogens is 2. The number of carbonyl (C=O) groups is 1. The number of aromatic amines is 2. The fraction of sp³-hybridized carbons (Fsp3) is 0.294. The van der Waals surface area contributed by atoms with Crippen LogP contribution in [0.5, 0.6) is 0 Å². The summed E-state index contributed by atoms with van der Waals surface area (Å²) in [5.74, 6) is 1.50. The molecule has 0 aliphatic carbocycles. The molecule has 122 valence electrons. The van der Waals surface area contributed by atoms with Crippen molar-refractivity contribution in [2.24, 2.45) is 5.41 Å². The number of benzene rings is 1. The Morgan fingerprint density at radius 3 is 2.67 bits per heavy atom. The Balaban J connectivity index is 1.71. The smallest absolute Gasteiger partial charge is 0.271 e. The van der Waals surface area contributed by atoms with Gasteiger partial charge in [-0.3, -0.25) is 9.89 Å². The Labute approximate surface area is 138 Å². The number of hydrogen-bond acceptors (Lipinski definition) is 4. The van der Waals surface area contributed by atoms with E-state index < -0.39 is 0 Å². The van der Waals surface area contributed by atoms with Crippen LogP contribution in [-0.2, 0) is 6.42 Å². The molecule has 0 fully saturated rings. The summed E-state index contributed by atoms with van der Waals surface area (Å²) < 4.78 is 0. The summed E-state index contributed by atoms with van der Waals surface area (Å²) >= 11 is 0. The lowest BCUT2D eigenvalue weighted by atomic mass is 9.88. The van der Waals surface area contributed by atoms with Gasteiger partial charge in [0, 0.05) is 17.8 Å². The van der Waals surface area contributed by atoms with Gasteiger partial charge in [-0.1, -0.05) is 44.2 Å². The number of fused-ring (bicyclic) bond motifs is 1. The van der Waals surface area contributed by atoms with E-state index in [0.29, 0.717) is 29.7 Å². The topological polar surface area (TPSA) is 99.3 Å². The second kappa shape index (κ2) is 5.30. The third-order valence-corrected chi connectivity index (χ3v) is 4.12. The molecule has 0 bridgehead atoms. The molecule has 0 saturated carbocycles. The molecule has 3 heterocycles. The van der Waals surface area contributed by atoms with Crippen molar-refractivity contribution < 1.29 is 4.79 Å². The van der Waals surface area contributed by atoms with E-state index in [2.05, 4.69) is 44.3 Å². The van der Waals surface area contributed by atoms with Crippen LogP contribution in [0.3, 0.4) is 0 Å². The molecule has 1 aliphatic heterocycles. The van der Waals surface area contributed by atoms with Crippen molar-refractivity contribution in [3.05, 3.63) is 41.7 Å². The Bertz CT molecular complexity index is 893. The normalized spacial score (nSPS) is 16.3. The summed E-state index contributed by atoms with van der Waals surface area (Å²) in [5, 5.41) is 10.1. The van der Waals surface area contributed by atoms with E-state index in [1.54, 1.807) is 0 Å². The summed E-state index contributed by atoms with van der Waals surface area (Å²) in [6, 6.07) is 9.71. The van der Waals surface area contributed by atoms with Crippen molar-refractivity contribution in [2.75, 3.05) is 6.54 Å². The third-order valence-electron chi connectivity index (χ3n) is 4.12. The van der Waals surface area contributed by atoms with Gasteiger partial charge >= 0.3 is 0 Å². The molecule has 4 rings (SSSR count). The van der Waals surface area contributed by atoms with Gasteiger partial charge in [0.05, 0.1) is 0 Å². The predicted octanol–water partition coefficient (Wildman–Crippen LogP) is 2.17. The number of hydrogen-bond donors (Lipinski definition) is 3. The molecule has 1 amide bonds. The SMILES string of the molecule is CC1(C)CNC(=O)c2nc(-c3nc(-c4ccccc4)n[nH]3)[nH]c2C1. The monoisotopic (exact) mass is 322 g/mol. The molecule has 0 radical (unpaired) electrons. The van der Waals surface area contributed by atoms with Gasteiger partial charge in [-0.2, -0.15) is 5.10 Å². The van der Waals surface area contributed by atoms with Crippen LogP contribution in [0.1, 0.15) is 30.0 Å². The van der Waals surface area contributed by atoms with Gasteiger partial charge in [-0.25, -0.2) is 9.97 Å². The van der Waals surface area contributed by atoms with Gasteiger partial charge in [0.15, 0.2) is 17.5 Å². The lowest BCUT2D eigenvalue weighted by Crippen LogP contribution is -2.32. The fourth-order valence-corrected chi connectivity index (χ4v) is 2.87. The quantitative estimate of drug-likeness (QED) is 0.673. The number of aromatic nitrogens is 5. The molecular formula is C17H18N6O. The minimum absolute atomic E-state index is 0.0265. The first-order chi connectivity index (χ1) is 11.5. The highest BCUT2D eigenvalue weighted by Gasteiger charge is 2.30. The summed E-state index contributed by atoms with van der Waals surface area (Å²) in [4.78, 5) is 24.4. The molecule has 1 aromatic carbocycles. The summed E-state index contributed by atoms with van der Waals surface area (Å²) in [7, 11) is 0. The van der Waals surface area contributed by atoms with Crippen molar-refractivity contribution in [1.82, 2.24) is 30.5 Å². The number of carbonyl (C=O) groups excluding carboxylic acids is 1. The minimum atomic E-state index is -0.152. The second-order valence-corrected chi connectivity index (χ2v) is 6.81. The van der Waals surface area contributed by atoms with Crippen molar-refractivity contribution in [1.29, 1.82) is 0 Å². The average Bonchev–Trinajstić information content (AvgIpc) is 3.18. The van der Waals surface area contributed by atoms with E-state index in [1.807, 2.05) is 30.3 Å². The maximum Gasteiger partial charge on any atom is 0.271 e. The molecule has 2 aromatic heterocycles. The van der Waals surface area contributed by atoms with Gasteiger partial charge in [-0.15, -0.1) is 0 Å². The lowest BCUT2D eigenvalue weighted by molar-refractivity contribution is 0.0940. The molecule has 1 aliphatic rings. The van der Waals surface area contributed by atoms with Gasteiger partial charge < -0.3 is 10.3 Å². The molecular weight excluding hydrogens is 304 g/mol. The number of rotatable bonds is 2. The van der Waals surface area contributed by atoms with E-state index in [-0.39, 0.29) is 11.3 Å². The molecule has 24 heavy (non-hydrogen) atoms. The van der Waals surface area contributed by atoms with Crippen LogP contribution in [0, 0.1) is 5.41 Å². The summed E-state index contributed by atoms with van der Waals surface area (Å²) in [5.41, 5.74) is 2.17. The molecule has 3 aromatic rings. The second-order valence-electron chi connectivity index (χ2n) is 6.81. The molecule has 0 atom stereocenters. The van der Waals surface area contributed by atoms with Crippen molar-refractivity contribution in [2.45, 2.75) is 20.3 Å². The predicted molar refractivity (Wildman–Crippen MR) is 89.2 cm³/mol. The highest BCUT2D eigenvalue weighted by molar-refractivity contribution is 5.94. The van der Waals surface area contributed by atoms with E-state index in [9.17, 15) is 4.79 Å². The van der Waals surface area contributed by atoms with Gasteiger partial charge in [0.1, 0.15) is 5.69 Å². The van der Waals surface area contributed by atoms with Gasteiger partial charge in [0.2, 0.25) is 0 Å². The van der Waals surface area contributed by atoms with Crippen LogP contribution in [0.4, 0.5) is 0 Å². The van der Waals surface area contributed by atoms with Crippen LogP contribution in [0.2, 0.25) is 0 Å². The molecule has 7 heteroatoms. The van der Waals surface area contributed by atoms with Gasteiger partial charge in [0.25, 0.3) is 5.91 Å². The van der Waals surface area contributed by atoms with E-state index in [4.69, 9.17) is 0 Å². The number of nitrogens with one attached hydrogen (secondary N) is 3. The zero-order valence-electron chi connectivity index (χ0n) is 13.6. The van der Waals surface area contributed by atoms with E-state index >= 15 is 0 Å². The lowest BCUT2D eigenvalue weighted by Gasteiger charge is -2.21. The standard InChI is InChI=1S/C17H18N6O/c1-17(2)8-11-12(16(24)18-9-17)20-14(19-11)15-21-13(22-23-15)10-6-4-3-5-7-10/h3-7H,8-9H2,1-2H3,(H,18,24)(H,19,20)(H,21,22,23). The Kier molecular flexibility index (Phi) is 3.23. The average molecular weight is 322 g/mol. The zero-order chi connectivity index (χ0) is 16.7. The molecule has 7 nitrogen and oxygen atoms in total. The van der Waals surface area contributed by atoms with Crippen LogP contribution in [0.25, 0.3) is 23.0 Å². The van der Waals surface area contributed by atoms with Crippen LogP contribution in [-0.4, -0.2) is 37.6 Å². The molecule has 0 saturated heterocycles. The van der Waals surface area contributed by atoms with Crippen molar-refractivity contribution in [3.63, 3.8) is 0 Å². The highest BCUT2D eigenvalue weighted by atomic mass is 16.1. The van der Waals surface area contributed by atoms with Gasteiger partial charge in [-0.05, 0) is 11.8 Å². The Morgan fingerprint density at radius 1 is 1.08 bits per heavy atom. The van der Waals surface area contributed by atoms with Crippen molar-refractivity contribution in [3.8, 4) is 23.0 Å². The van der Waals surface area contributed by atoms with Crippen molar-refractivity contribution >= 4 is 5.91 Å². The summed E-state index contributed by atoms with van der Waals surface area (Å²) in [6.45, 7) is 4.86. The molecule has 3 N–H and O–H groups in total. The van der Waals surface area contributed by atoms with Crippen LogP contribution >= 0.6 is 0 Å². The number of amides is 1. The largest absolute Gasteiger partial charge is 0.350 e. The Hall–Kier alpha value is -2.96. The first-order valence-electron chi connectivity index (χ1n) is 7.87. The molecule has 0 spiro atoms. The zero-order valence-corrected chi connectivity index (χ0v) is 13.6.